The number of pyridine rings is 1. The fourth-order valence-corrected chi connectivity index (χ4v) is 4.63. The minimum Gasteiger partial charge on any atom is -0.487 e. The number of nitrogens with zero attached hydrogens (tertiary/aromatic N) is 4. The third-order valence-electron chi connectivity index (χ3n) is 6.47. The molecule has 2 aromatic heterocycles. The van der Waals surface area contributed by atoms with E-state index < -0.39 is 17.2 Å². The molecule has 0 radical (unpaired) electrons. The summed E-state index contributed by atoms with van der Waals surface area (Å²) in [5.41, 5.74) is -0.455. The summed E-state index contributed by atoms with van der Waals surface area (Å²) in [4.78, 5) is 34.7. The van der Waals surface area contributed by atoms with Gasteiger partial charge in [0.25, 0.3) is 0 Å². The molecule has 1 saturated heterocycles. The maximum absolute atomic E-state index is 15.1. The molecule has 2 aliphatic rings. The van der Waals surface area contributed by atoms with E-state index in [1.165, 1.54) is 12.5 Å². The van der Waals surface area contributed by atoms with Crippen molar-refractivity contribution in [1.29, 1.82) is 0 Å². The lowest BCUT2D eigenvalue weighted by Gasteiger charge is -2.33. The zero-order chi connectivity index (χ0) is 23.1. The Morgan fingerprint density at radius 3 is 2.85 bits per heavy atom. The normalized spacial score (nSPS) is 18.2. The molecular weight excluding hydrogens is 429 g/mol. The van der Waals surface area contributed by atoms with Gasteiger partial charge in [0, 0.05) is 32.0 Å². The molecule has 0 aliphatic carbocycles. The lowest BCUT2D eigenvalue weighted by atomic mass is 9.96. The predicted molar refractivity (Wildman–Crippen MR) is 121 cm³/mol. The van der Waals surface area contributed by atoms with Crippen LogP contribution in [0.2, 0.25) is 0 Å². The van der Waals surface area contributed by atoms with Crippen LogP contribution >= 0.6 is 0 Å². The quantitative estimate of drug-likeness (QED) is 0.607. The molecular formula is C23H24FN5O4. The molecule has 2 aliphatic heterocycles. The van der Waals surface area contributed by atoms with E-state index in [9.17, 15) is 14.7 Å². The summed E-state index contributed by atoms with van der Waals surface area (Å²) < 4.78 is 22.7. The number of rotatable bonds is 5. The first-order valence-corrected chi connectivity index (χ1v) is 11.0. The molecule has 10 heteroatoms. The Kier molecular flexibility index (Phi) is 5.35. The molecule has 5 rings (SSSR count). The van der Waals surface area contributed by atoms with Crippen molar-refractivity contribution in [2.45, 2.75) is 25.8 Å². The highest BCUT2D eigenvalue weighted by Gasteiger charge is 2.28. The van der Waals surface area contributed by atoms with Gasteiger partial charge < -0.3 is 24.6 Å². The molecule has 4 heterocycles. The molecule has 9 nitrogen and oxygen atoms in total. The van der Waals surface area contributed by atoms with E-state index in [1.54, 1.807) is 10.8 Å². The summed E-state index contributed by atoms with van der Waals surface area (Å²) in [7, 11) is 0. The Morgan fingerprint density at radius 2 is 2.15 bits per heavy atom. The maximum Gasteiger partial charge on any atom is 0.341 e. The molecule has 1 fully saturated rings. The van der Waals surface area contributed by atoms with Gasteiger partial charge in [-0.15, -0.1) is 0 Å². The predicted octanol–water partition coefficient (Wildman–Crippen LogP) is 2.91. The summed E-state index contributed by atoms with van der Waals surface area (Å²) >= 11 is 0. The van der Waals surface area contributed by atoms with Crippen LogP contribution in [0.5, 0.6) is 5.75 Å². The van der Waals surface area contributed by atoms with E-state index in [2.05, 4.69) is 20.2 Å². The molecule has 3 aromatic rings. The van der Waals surface area contributed by atoms with Crippen LogP contribution in [0.25, 0.3) is 10.9 Å². The van der Waals surface area contributed by atoms with E-state index in [0.29, 0.717) is 18.0 Å². The number of carboxylic acid groups (broad SMARTS) is 1. The van der Waals surface area contributed by atoms with Gasteiger partial charge >= 0.3 is 5.97 Å². The van der Waals surface area contributed by atoms with Gasteiger partial charge in [-0.25, -0.2) is 19.2 Å². The second-order valence-corrected chi connectivity index (χ2v) is 8.58. The van der Waals surface area contributed by atoms with Gasteiger partial charge in [0.15, 0.2) is 11.6 Å². The van der Waals surface area contributed by atoms with Gasteiger partial charge in [0.1, 0.15) is 30.0 Å². The van der Waals surface area contributed by atoms with Crippen molar-refractivity contribution in [1.82, 2.24) is 14.5 Å². The van der Waals surface area contributed by atoms with Gasteiger partial charge in [0.05, 0.1) is 16.9 Å². The average Bonchev–Trinajstić information content (AvgIpc) is 2.82. The van der Waals surface area contributed by atoms with Gasteiger partial charge in [0.2, 0.25) is 5.43 Å². The van der Waals surface area contributed by atoms with E-state index in [0.717, 1.165) is 37.8 Å². The standard InChI is InChI=1S/C23H24FN5O4/c1-13-11-33-22-19(17(24)8-15-20(22)29(13)10-16(21(15)30)23(31)32)26-9-14-3-6-28(7-4-14)18-2-5-25-12-27-18/h2,5,8,10,12-14,26H,3-4,6-7,9,11H2,1H3,(H,31,32)/t13-/m0/s1. The largest absolute Gasteiger partial charge is 0.487 e. The number of benzene rings is 1. The molecule has 0 unspecified atom stereocenters. The number of ether oxygens (including phenoxy) is 1. The van der Waals surface area contributed by atoms with E-state index in [1.807, 2.05) is 13.0 Å². The Morgan fingerprint density at radius 1 is 1.36 bits per heavy atom. The van der Waals surface area contributed by atoms with Crippen molar-refractivity contribution < 1.29 is 19.0 Å². The number of anilines is 2. The Balaban J connectivity index is 1.40. The molecule has 33 heavy (non-hydrogen) atoms. The van der Waals surface area contributed by atoms with Gasteiger partial charge in [-0.3, -0.25) is 4.79 Å². The Labute approximate surface area is 188 Å². The van der Waals surface area contributed by atoms with Crippen LogP contribution in [0.3, 0.4) is 0 Å². The zero-order valence-corrected chi connectivity index (χ0v) is 18.1. The number of aromatic carboxylic acids is 1. The van der Waals surface area contributed by atoms with Crippen LogP contribution in [0, 0.1) is 11.7 Å². The van der Waals surface area contributed by atoms with Crippen molar-refractivity contribution >= 4 is 28.4 Å². The van der Waals surface area contributed by atoms with Crippen LogP contribution in [-0.4, -0.2) is 51.9 Å². The zero-order valence-electron chi connectivity index (χ0n) is 18.1. The van der Waals surface area contributed by atoms with Crippen LogP contribution in [0.15, 0.2) is 35.6 Å². The summed E-state index contributed by atoms with van der Waals surface area (Å²) in [6.07, 6.45) is 6.44. The topological polar surface area (TPSA) is 110 Å². The van der Waals surface area contributed by atoms with E-state index >= 15 is 4.39 Å². The monoisotopic (exact) mass is 453 g/mol. The number of hydrogen-bond donors (Lipinski definition) is 2. The highest BCUT2D eigenvalue weighted by molar-refractivity contribution is 5.97. The lowest BCUT2D eigenvalue weighted by Crippen LogP contribution is -2.36. The van der Waals surface area contributed by atoms with Crippen LogP contribution < -0.4 is 20.4 Å². The fraction of sp³-hybridized carbons (Fsp3) is 0.391. The number of nitrogens with one attached hydrogen (secondary N) is 1. The van der Waals surface area contributed by atoms with Crippen molar-refractivity contribution in [3.05, 3.63) is 52.5 Å². The molecule has 1 aromatic carbocycles. The fourth-order valence-electron chi connectivity index (χ4n) is 4.63. The minimum absolute atomic E-state index is 0.0117. The highest BCUT2D eigenvalue weighted by atomic mass is 19.1. The Hall–Kier alpha value is -3.69. The van der Waals surface area contributed by atoms with Gasteiger partial charge in [-0.2, -0.15) is 0 Å². The van der Waals surface area contributed by atoms with E-state index in [4.69, 9.17) is 4.74 Å². The van der Waals surface area contributed by atoms with Crippen molar-refractivity contribution in [2.75, 3.05) is 36.5 Å². The summed E-state index contributed by atoms with van der Waals surface area (Å²) in [6.45, 7) is 4.37. The second-order valence-electron chi connectivity index (χ2n) is 8.58. The highest BCUT2D eigenvalue weighted by Crippen LogP contribution is 2.40. The number of aromatic nitrogens is 3. The molecule has 0 bridgehead atoms. The summed E-state index contributed by atoms with van der Waals surface area (Å²) in [6, 6.07) is 2.82. The van der Waals surface area contributed by atoms with Crippen molar-refractivity contribution in [3.63, 3.8) is 0 Å². The maximum atomic E-state index is 15.1. The lowest BCUT2D eigenvalue weighted by molar-refractivity contribution is 0.0694. The number of halogens is 1. The van der Waals surface area contributed by atoms with E-state index in [-0.39, 0.29) is 35.0 Å². The molecule has 172 valence electrons. The summed E-state index contributed by atoms with van der Waals surface area (Å²) in [5.74, 6) is -0.457. The number of carbonyl (C=O) groups is 1. The molecule has 0 amide bonds. The number of carboxylic acids is 1. The molecule has 0 saturated carbocycles. The smallest absolute Gasteiger partial charge is 0.341 e. The SMILES string of the molecule is C[C@H]1COc2c(NCC3CCN(c4ccncn4)CC3)c(F)cc3c(=O)c(C(=O)O)cn1c23. The first kappa shape index (κ1) is 21.2. The third-order valence-corrected chi connectivity index (χ3v) is 6.47. The molecule has 1 atom stereocenters. The van der Waals surface area contributed by atoms with Crippen molar-refractivity contribution in [3.8, 4) is 5.75 Å². The number of hydrogen-bond acceptors (Lipinski definition) is 7. The molecule has 2 N–H and O–H groups in total. The Bertz CT molecular complexity index is 1270. The second kappa shape index (κ2) is 8.34. The third kappa shape index (κ3) is 3.75. The van der Waals surface area contributed by atoms with Gasteiger partial charge in [-0.1, -0.05) is 0 Å². The van der Waals surface area contributed by atoms with Gasteiger partial charge in [-0.05, 0) is 37.8 Å². The first-order chi connectivity index (χ1) is 15.9. The average molecular weight is 453 g/mol. The van der Waals surface area contributed by atoms with Crippen LogP contribution in [0.1, 0.15) is 36.2 Å². The summed E-state index contributed by atoms with van der Waals surface area (Å²) in [5, 5.41) is 12.6. The minimum atomic E-state index is -1.33. The first-order valence-electron chi connectivity index (χ1n) is 11.0. The van der Waals surface area contributed by atoms with Crippen molar-refractivity contribution in [2.24, 2.45) is 5.92 Å². The van der Waals surface area contributed by atoms with Crippen LogP contribution in [-0.2, 0) is 0 Å². The number of piperidine rings is 1. The van der Waals surface area contributed by atoms with Crippen LogP contribution in [0.4, 0.5) is 15.9 Å². The molecule has 0 spiro atoms.